The van der Waals surface area contributed by atoms with Crippen molar-refractivity contribution in [2.75, 3.05) is 12.4 Å². The Morgan fingerprint density at radius 1 is 1.07 bits per heavy atom. The van der Waals surface area contributed by atoms with E-state index in [2.05, 4.69) is 5.32 Å². The molecule has 0 aliphatic heterocycles. The van der Waals surface area contributed by atoms with Crippen molar-refractivity contribution in [3.05, 3.63) is 83.6 Å². The largest absolute Gasteiger partial charge is 0.465 e. The van der Waals surface area contributed by atoms with Crippen LogP contribution < -0.4 is 5.32 Å². The molecule has 0 aliphatic rings. The van der Waals surface area contributed by atoms with Gasteiger partial charge in [0.25, 0.3) is 5.91 Å². The SMILES string of the molecule is COC(=O)c1cccc(-c2ccc(/C=C(\C#N)C(=O)Nc3ccccc3)o2)c1. The van der Waals surface area contributed by atoms with Crippen LogP contribution in [0.15, 0.2) is 76.7 Å². The molecule has 0 atom stereocenters. The summed E-state index contributed by atoms with van der Waals surface area (Å²) in [7, 11) is 1.31. The molecule has 0 unspecified atom stereocenters. The van der Waals surface area contributed by atoms with Gasteiger partial charge in [-0.2, -0.15) is 5.26 Å². The molecule has 0 bridgehead atoms. The zero-order chi connectivity index (χ0) is 19.9. The highest BCUT2D eigenvalue weighted by atomic mass is 16.5. The van der Waals surface area contributed by atoms with Crippen molar-refractivity contribution in [2.45, 2.75) is 0 Å². The fourth-order valence-electron chi connectivity index (χ4n) is 2.51. The summed E-state index contributed by atoms with van der Waals surface area (Å²) >= 11 is 0. The van der Waals surface area contributed by atoms with Gasteiger partial charge < -0.3 is 14.5 Å². The Bertz CT molecular complexity index is 1080. The van der Waals surface area contributed by atoms with Crippen molar-refractivity contribution >= 4 is 23.6 Å². The molecule has 1 N–H and O–H groups in total. The zero-order valence-electron chi connectivity index (χ0n) is 15.0. The fourth-order valence-corrected chi connectivity index (χ4v) is 2.51. The van der Waals surface area contributed by atoms with Gasteiger partial charge in [-0.1, -0.05) is 30.3 Å². The average Bonchev–Trinajstić information content (AvgIpc) is 3.21. The van der Waals surface area contributed by atoms with E-state index in [1.807, 2.05) is 12.1 Å². The topological polar surface area (TPSA) is 92.3 Å². The molecule has 6 nitrogen and oxygen atoms in total. The van der Waals surface area contributed by atoms with Crippen molar-refractivity contribution in [3.63, 3.8) is 0 Å². The van der Waals surface area contributed by atoms with E-state index in [9.17, 15) is 14.9 Å². The molecule has 0 saturated carbocycles. The van der Waals surface area contributed by atoms with Crippen molar-refractivity contribution in [2.24, 2.45) is 0 Å². The number of ether oxygens (including phenoxy) is 1. The number of furan rings is 1. The molecule has 3 aromatic rings. The van der Waals surface area contributed by atoms with E-state index in [0.717, 1.165) is 0 Å². The van der Waals surface area contributed by atoms with Crippen LogP contribution in [0.25, 0.3) is 17.4 Å². The predicted molar refractivity (Wildman–Crippen MR) is 104 cm³/mol. The monoisotopic (exact) mass is 372 g/mol. The third-order valence-electron chi connectivity index (χ3n) is 3.88. The number of amides is 1. The second-order valence-electron chi connectivity index (χ2n) is 5.76. The van der Waals surface area contributed by atoms with Crippen molar-refractivity contribution in [1.82, 2.24) is 0 Å². The molecule has 0 fully saturated rings. The van der Waals surface area contributed by atoms with Crippen LogP contribution in [-0.2, 0) is 9.53 Å². The van der Waals surface area contributed by atoms with Crippen LogP contribution in [0.2, 0.25) is 0 Å². The maximum absolute atomic E-state index is 12.3. The van der Waals surface area contributed by atoms with Crippen LogP contribution >= 0.6 is 0 Å². The van der Waals surface area contributed by atoms with Gasteiger partial charge in [0.15, 0.2) is 0 Å². The van der Waals surface area contributed by atoms with Gasteiger partial charge in [-0.3, -0.25) is 4.79 Å². The first-order chi connectivity index (χ1) is 13.6. The van der Waals surface area contributed by atoms with Gasteiger partial charge in [-0.05, 0) is 36.4 Å². The number of hydrogen-bond donors (Lipinski definition) is 1. The molecule has 1 aromatic heterocycles. The Morgan fingerprint density at radius 3 is 2.57 bits per heavy atom. The number of para-hydroxylation sites is 1. The predicted octanol–water partition coefficient (Wildman–Crippen LogP) is 4.28. The van der Waals surface area contributed by atoms with E-state index in [-0.39, 0.29) is 5.57 Å². The van der Waals surface area contributed by atoms with Gasteiger partial charge in [-0.25, -0.2) is 4.79 Å². The first kappa shape index (κ1) is 18.7. The smallest absolute Gasteiger partial charge is 0.337 e. The minimum Gasteiger partial charge on any atom is -0.465 e. The van der Waals surface area contributed by atoms with E-state index < -0.39 is 11.9 Å². The van der Waals surface area contributed by atoms with E-state index in [1.54, 1.807) is 60.7 Å². The highest BCUT2D eigenvalue weighted by Gasteiger charge is 2.12. The number of carbonyl (C=O) groups excluding carboxylic acids is 2. The fraction of sp³-hybridized carbons (Fsp3) is 0.0455. The standard InChI is InChI=1S/C22H16N2O4/c1-27-22(26)16-7-5-6-15(12-16)20-11-10-19(28-20)13-17(14-23)21(25)24-18-8-3-2-4-9-18/h2-13H,1H3,(H,24,25)/b17-13+. The van der Waals surface area contributed by atoms with E-state index >= 15 is 0 Å². The molecule has 6 heteroatoms. The van der Waals surface area contributed by atoms with Gasteiger partial charge in [-0.15, -0.1) is 0 Å². The van der Waals surface area contributed by atoms with Crippen molar-refractivity contribution in [1.29, 1.82) is 5.26 Å². The van der Waals surface area contributed by atoms with Gasteiger partial charge in [0.05, 0.1) is 12.7 Å². The lowest BCUT2D eigenvalue weighted by atomic mass is 10.1. The molecule has 0 aliphatic carbocycles. The lowest BCUT2D eigenvalue weighted by Crippen LogP contribution is -2.13. The maximum Gasteiger partial charge on any atom is 0.337 e. The van der Waals surface area contributed by atoms with Gasteiger partial charge in [0, 0.05) is 17.3 Å². The first-order valence-corrected chi connectivity index (χ1v) is 8.37. The number of benzene rings is 2. The average molecular weight is 372 g/mol. The highest BCUT2D eigenvalue weighted by molar-refractivity contribution is 6.09. The summed E-state index contributed by atoms with van der Waals surface area (Å²) in [4.78, 5) is 24.0. The molecule has 3 rings (SSSR count). The van der Waals surface area contributed by atoms with Crippen molar-refractivity contribution < 1.29 is 18.7 Å². The van der Waals surface area contributed by atoms with Crippen LogP contribution in [0, 0.1) is 11.3 Å². The van der Waals surface area contributed by atoms with Crippen LogP contribution in [0.1, 0.15) is 16.1 Å². The lowest BCUT2D eigenvalue weighted by Gasteiger charge is -2.03. The Labute approximate surface area is 161 Å². The number of nitrogens with zero attached hydrogens (tertiary/aromatic N) is 1. The third kappa shape index (κ3) is 4.34. The molecule has 0 spiro atoms. The van der Waals surface area contributed by atoms with Gasteiger partial charge >= 0.3 is 5.97 Å². The molecule has 0 radical (unpaired) electrons. The van der Waals surface area contributed by atoms with Gasteiger partial charge in [0.1, 0.15) is 23.2 Å². The minimum atomic E-state index is -0.528. The molecule has 0 saturated heterocycles. The summed E-state index contributed by atoms with van der Waals surface area (Å²) in [5.41, 5.74) is 1.57. The Kier molecular flexibility index (Phi) is 5.68. The van der Waals surface area contributed by atoms with Crippen molar-refractivity contribution in [3.8, 4) is 17.4 Å². The number of carbonyl (C=O) groups is 2. The maximum atomic E-state index is 12.3. The quantitative estimate of drug-likeness (QED) is 0.410. The van der Waals surface area contributed by atoms with E-state index in [0.29, 0.717) is 28.3 Å². The Morgan fingerprint density at radius 2 is 1.86 bits per heavy atom. The first-order valence-electron chi connectivity index (χ1n) is 8.37. The molecular weight excluding hydrogens is 356 g/mol. The lowest BCUT2D eigenvalue weighted by molar-refractivity contribution is -0.112. The number of nitriles is 1. The summed E-state index contributed by atoms with van der Waals surface area (Å²) in [5, 5.41) is 12.0. The van der Waals surface area contributed by atoms with Crippen LogP contribution in [0.5, 0.6) is 0 Å². The Balaban J connectivity index is 1.81. The summed E-state index contributed by atoms with van der Waals surface area (Å²) in [6.07, 6.45) is 1.37. The second kappa shape index (κ2) is 8.52. The summed E-state index contributed by atoms with van der Waals surface area (Å²) < 4.78 is 10.4. The molecule has 1 heterocycles. The number of esters is 1. The number of hydrogen-bond acceptors (Lipinski definition) is 5. The number of nitrogens with one attached hydrogen (secondary N) is 1. The molecule has 2 aromatic carbocycles. The van der Waals surface area contributed by atoms with Crippen LogP contribution in [0.3, 0.4) is 0 Å². The van der Waals surface area contributed by atoms with E-state index in [4.69, 9.17) is 9.15 Å². The zero-order valence-corrected chi connectivity index (χ0v) is 15.0. The normalized spacial score (nSPS) is 10.8. The molecule has 28 heavy (non-hydrogen) atoms. The van der Waals surface area contributed by atoms with Gasteiger partial charge in [0.2, 0.25) is 0 Å². The Hall–Kier alpha value is -4.11. The molecule has 138 valence electrons. The number of rotatable bonds is 5. The highest BCUT2D eigenvalue weighted by Crippen LogP contribution is 2.24. The second-order valence-corrected chi connectivity index (χ2v) is 5.76. The molecular formula is C22H16N2O4. The van der Waals surface area contributed by atoms with E-state index in [1.165, 1.54) is 13.2 Å². The number of anilines is 1. The van der Waals surface area contributed by atoms with Crippen LogP contribution in [0.4, 0.5) is 5.69 Å². The van der Waals surface area contributed by atoms with Crippen LogP contribution in [-0.4, -0.2) is 19.0 Å². The summed E-state index contributed by atoms with van der Waals surface area (Å²) in [6, 6.07) is 20.9. The summed E-state index contributed by atoms with van der Waals surface area (Å²) in [5.74, 6) is -0.131. The minimum absolute atomic E-state index is 0.0898. The third-order valence-corrected chi connectivity index (χ3v) is 3.88. The number of methoxy groups -OCH3 is 1. The molecule has 1 amide bonds. The summed E-state index contributed by atoms with van der Waals surface area (Å²) in [6.45, 7) is 0.